The molecule has 1 saturated heterocycles. The van der Waals surface area contributed by atoms with Crippen molar-refractivity contribution in [1.29, 1.82) is 0 Å². The zero-order chi connectivity index (χ0) is 25.3. The van der Waals surface area contributed by atoms with E-state index in [1.54, 1.807) is 19.1 Å². The standard InChI is InChI=1S/C27H23Cl3N4O2/c1-3-36-24(35)23-31-34(20-15-13-19(28)14-16-20)25(2)17-26(18-9-5-4-6-10-18)27(29,30)33(26)22-12-8-7-11-21(22)32(23)25/h4-16H,3,17H2,1-2H3/t25-,26-,33?/m1/s1. The largest absolute Gasteiger partial charge is 0.460 e. The molecule has 0 unspecified atom stereocenters. The second kappa shape index (κ2) is 8.04. The number of hydrogen-bond donors (Lipinski definition) is 0. The number of fused-ring (bicyclic) bond motifs is 5. The number of halogens is 3. The monoisotopic (exact) mass is 540 g/mol. The zero-order valence-corrected chi connectivity index (χ0v) is 21.9. The van der Waals surface area contributed by atoms with E-state index >= 15 is 0 Å². The quantitative estimate of drug-likeness (QED) is 0.163. The molecule has 6 nitrogen and oxygen atoms in total. The molecule has 0 aliphatic carbocycles. The molecule has 3 aromatic carbocycles. The number of carbonyl (C=O) groups excluding carboxylic acids is 1. The maximum Gasteiger partial charge on any atom is 0.376 e. The van der Waals surface area contributed by atoms with Crippen molar-refractivity contribution in [2.24, 2.45) is 5.10 Å². The normalized spacial score (nSPS) is 25.4. The molecule has 1 fully saturated rings. The number of hydrogen-bond acceptors (Lipinski definition) is 6. The summed E-state index contributed by atoms with van der Waals surface area (Å²) in [6.07, 6.45) is 0.431. The number of benzene rings is 3. The summed E-state index contributed by atoms with van der Waals surface area (Å²) in [5.74, 6) is -0.306. The van der Waals surface area contributed by atoms with Gasteiger partial charge in [-0.15, -0.1) is 5.10 Å². The summed E-state index contributed by atoms with van der Waals surface area (Å²) >= 11 is 20.4. The number of alkyl halides is 2. The predicted octanol–water partition coefficient (Wildman–Crippen LogP) is 6.51. The van der Waals surface area contributed by atoms with Crippen molar-refractivity contribution in [3.05, 3.63) is 89.4 Å². The number of carbonyl (C=O) groups is 1. The Hall–Kier alpha value is -2.93. The number of hydrazone groups is 1. The van der Waals surface area contributed by atoms with Gasteiger partial charge in [-0.25, -0.2) is 9.80 Å². The van der Waals surface area contributed by atoms with Crippen LogP contribution in [0, 0.1) is 0 Å². The lowest BCUT2D eigenvalue weighted by molar-refractivity contribution is -0.135. The van der Waals surface area contributed by atoms with Gasteiger partial charge in [0.05, 0.1) is 23.7 Å². The highest BCUT2D eigenvalue weighted by Gasteiger charge is 2.79. The first-order valence-corrected chi connectivity index (χ1v) is 12.8. The first-order chi connectivity index (χ1) is 17.3. The fourth-order valence-corrected chi connectivity index (χ4v) is 6.71. The smallest absolute Gasteiger partial charge is 0.376 e. The van der Waals surface area contributed by atoms with Gasteiger partial charge in [0.15, 0.2) is 0 Å². The molecule has 0 aromatic heterocycles. The van der Waals surface area contributed by atoms with Crippen LogP contribution in [0.4, 0.5) is 17.1 Å². The first-order valence-electron chi connectivity index (χ1n) is 11.7. The van der Waals surface area contributed by atoms with Crippen LogP contribution >= 0.6 is 34.8 Å². The highest BCUT2D eigenvalue weighted by Crippen LogP contribution is 2.72. The molecule has 36 heavy (non-hydrogen) atoms. The lowest BCUT2D eigenvalue weighted by atomic mass is 9.87. The van der Waals surface area contributed by atoms with Gasteiger partial charge in [0.2, 0.25) is 10.3 Å². The highest BCUT2D eigenvalue weighted by atomic mass is 35.5. The maximum absolute atomic E-state index is 13.3. The van der Waals surface area contributed by atoms with Crippen LogP contribution < -0.4 is 14.8 Å². The van der Waals surface area contributed by atoms with E-state index < -0.39 is 21.6 Å². The molecule has 0 radical (unpaired) electrons. The molecule has 0 N–H and O–H groups in total. The molecule has 3 aromatic rings. The average molecular weight is 542 g/mol. The van der Waals surface area contributed by atoms with E-state index in [-0.39, 0.29) is 12.4 Å². The van der Waals surface area contributed by atoms with Crippen LogP contribution in [0.5, 0.6) is 0 Å². The Morgan fingerprint density at radius 1 is 0.972 bits per heavy atom. The molecule has 0 amide bonds. The summed E-state index contributed by atoms with van der Waals surface area (Å²) in [5, 5.41) is 7.30. The van der Waals surface area contributed by atoms with Gasteiger partial charge in [-0.1, -0.05) is 77.3 Å². The second-order valence-corrected chi connectivity index (χ2v) is 11.0. The SMILES string of the molecule is CCOC(=O)C1=NN(c2ccc(Cl)cc2)[C@]2(C)C[C@]3(c4ccccc4)N(c4ccccc4N12)C3(Cl)Cl. The molecule has 6 rings (SSSR count). The molecular weight excluding hydrogens is 519 g/mol. The number of ether oxygens (including phenoxy) is 1. The highest BCUT2D eigenvalue weighted by molar-refractivity contribution is 6.55. The number of nitrogens with zero attached hydrogens (tertiary/aromatic N) is 4. The van der Waals surface area contributed by atoms with E-state index in [0.29, 0.717) is 11.4 Å². The van der Waals surface area contributed by atoms with Gasteiger partial charge in [-0.05, 0) is 55.8 Å². The number of amidine groups is 1. The van der Waals surface area contributed by atoms with Crippen molar-refractivity contribution in [2.75, 3.05) is 21.4 Å². The third-order valence-electron chi connectivity index (χ3n) is 7.19. The van der Waals surface area contributed by atoms with E-state index in [9.17, 15) is 4.79 Å². The fraction of sp³-hybridized carbons (Fsp3) is 0.259. The summed E-state index contributed by atoms with van der Waals surface area (Å²) < 4.78 is 4.23. The molecule has 0 spiro atoms. The van der Waals surface area contributed by atoms with Gasteiger partial charge in [0, 0.05) is 11.4 Å². The molecule has 3 heterocycles. The Morgan fingerprint density at radius 3 is 2.28 bits per heavy atom. The van der Waals surface area contributed by atoms with Crippen LogP contribution in [0.1, 0.15) is 25.8 Å². The lowest BCUT2D eigenvalue weighted by Crippen LogP contribution is -2.57. The summed E-state index contributed by atoms with van der Waals surface area (Å²) in [7, 11) is 0. The van der Waals surface area contributed by atoms with Crippen LogP contribution in [-0.2, 0) is 15.1 Å². The first kappa shape index (κ1) is 23.5. The topological polar surface area (TPSA) is 48.1 Å². The molecular formula is C27H23Cl3N4O2. The van der Waals surface area contributed by atoms with Crippen molar-refractivity contribution in [3.8, 4) is 0 Å². The number of rotatable bonds is 4. The minimum absolute atomic E-state index is 0.196. The van der Waals surface area contributed by atoms with Gasteiger partial charge in [-0.3, -0.25) is 4.90 Å². The molecule has 9 heteroatoms. The summed E-state index contributed by atoms with van der Waals surface area (Å²) in [5.41, 5.74) is 1.68. The van der Waals surface area contributed by atoms with Gasteiger partial charge in [0.1, 0.15) is 11.2 Å². The third-order valence-corrected chi connectivity index (χ3v) is 8.40. The van der Waals surface area contributed by atoms with Gasteiger partial charge < -0.3 is 9.64 Å². The minimum Gasteiger partial charge on any atom is -0.460 e. The Balaban J connectivity index is 1.62. The summed E-state index contributed by atoms with van der Waals surface area (Å²) in [6.45, 7) is 4.06. The maximum atomic E-state index is 13.3. The number of anilines is 3. The van der Waals surface area contributed by atoms with Crippen LogP contribution in [0.25, 0.3) is 0 Å². The molecule has 0 saturated carbocycles. The second-order valence-electron chi connectivity index (χ2n) is 9.25. The Bertz CT molecular complexity index is 1380. The van der Waals surface area contributed by atoms with E-state index in [2.05, 4.69) is 0 Å². The fourth-order valence-electron chi connectivity index (χ4n) is 5.68. The lowest BCUT2D eigenvalue weighted by Gasteiger charge is -2.42. The Labute approximate surface area is 224 Å². The molecule has 3 aliphatic rings. The minimum atomic E-state index is -1.21. The van der Waals surface area contributed by atoms with Gasteiger partial charge in [0.25, 0.3) is 0 Å². The van der Waals surface area contributed by atoms with Crippen molar-refractivity contribution < 1.29 is 9.53 Å². The van der Waals surface area contributed by atoms with Crippen LogP contribution in [-0.4, -0.2) is 28.5 Å². The van der Waals surface area contributed by atoms with E-state index in [4.69, 9.17) is 44.6 Å². The molecule has 184 valence electrons. The Kier molecular flexibility index (Phi) is 5.24. The summed E-state index contributed by atoms with van der Waals surface area (Å²) in [4.78, 5) is 17.2. The van der Waals surface area contributed by atoms with E-state index in [1.165, 1.54) is 0 Å². The predicted molar refractivity (Wildman–Crippen MR) is 145 cm³/mol. The number of esters is 1. The molecule has 0 bridgehead atoms. The van der Waals surface area contributed by atoms with Crippen LogP contribution in [0.3, 0.4) is 0 Å². The van der Waals surface area contributed by atoms with Crippen LogP contribution in [0.15, 0.2) is 84.0 Å². The Morgan fingerprint density at radius 2 is 1.61 bits per heavy atom. The number of para-hydroxylation sites is 2. The molecule has 3 aliphatic heterocycles. The van der Waals surface area contributed by atoms with Crippen molar-refractivity contribution in [3.63, 3.8) is 0 Å². The summed E-state index contributed by atoms with van der Waals surface area (Å²) in [6, 6.07) is 25.2. The van der Waals surface area contributed by atoms with Crippen LogP contribution in [0.2, 0.25) is 5.02 Å². The van der Waals surface area contributed by atoms with Crippen molar-refractivity contribution in [1.82, 2.24) is 0 Å². The van der Waals surface area contributed by atoms with E-state index in [0.717, 1.165) is 22.6 Å². The van der Waals surface area contributed by atoms with Crippen molar-refractivity contribution >= 4 is 63.7 Å². The average Bonchev–Trinajstić information content (AvgIpc) is 3.24. The van der Waals surface area contributed by atoms with E-state index in [1.807, 2.05) is 88.5 Å². The van der Waals surface area contributed by atoms with Gasteiger partial charge >= 0.3 is 5.97 Å². The van der Waals surface area contributed by atoms with Gasteiger partial charge in [-0.2, -0.15) is 0 Å². The third kappa shape index (κ3) is 3.04. The van der Waals surface area contributed by atoms with Crippen molar-refractivity contribution in [2.45, 2.75) is 35.9 Å². The molecule has 2 atom stereocenters. The zero-order valence-electron chi connectivity index (χ0n) is 19.7.